The number of carbonyl (C=O) groups is 2. The van der Waals surface area contributed by atoms with Crippen molar-refractivity contribution < 1.29 is 14.3 Å². The fourth-order valence-corrected chi connectivity index (χ4v) is 4.46. The summed E-state index contributed by atoms with van der Waals surface area (Å²) in [4.78, 5) is 29.9. The first-order chi connectivity index (χ1) is 12.7. The van der Waals surface area contributed by atoms with Crippen LogP contribution < -0.4 is 9.64 Å². The zero-order chi connectivity index (χ0) is 17.9. The minimum atomic E-state index is -0.587. The van der Waals surface area contributed by atoms with Crippen LogP contribution in [0.15, 0.2) is 24.3 Å². The third-order valence-corrected chi connectivity index (χ3v) is 5.94. The van der Waals surface area contributed by atoms with E-state index in [1.165, 1.54) is 12.8 Å². The van der Waals surface area contributed by atoms with Crippen LogP contribution in [-0.4, -0.2) is 42.5 Å². The number of amides is 2. The monoisotopic (exact) mass is 356 g/mol. The van der Waals surface area contributed by atoms with Crippen molar-refractivity contribution in [2.24, 2.45) is 5.92 Å². The highest BCUT2D eigenvalue weighted by Crippen LogP contribution is 2.36. The highest BCUT2D eigenvalue weighted by atomic mass is 16.5. The van der Waals surface area contributed by atoms with Gasteiger partial charge in [0.15, 0.2) is 6.10 Å². The Labute approximate surface area is 155 Å². The molecule has 1 aliphatic carbocycles. The highest BCUT2D eigenvalue weighted by Gasteiger charge is 2.38. The maximum Gasteiger partial charge on any atom is 0.265 e. The molecular formula is C21H28N2O3. The van der Waals surface area contributed by atoms with Gasteiger partial charge in [-0.1, -0.05) is 31.4 Å². The third kappa shape index (κ3) is 3.44. The van der Waals surface area contributed by atoms with Crippen LogP contribution >= 0.6 is 0 Å². The minimum Gasteiger partial charge on any atom is -0.476 e. The van der Waals surface area contributed by atoms with Gasteiger partial charge in [-0.3, -0.25) is 9.59 Å². The van der Waals surface area contributed by atoms with E-state index in [-0.39, 0.29) is 17.7 Å². The molecule has 0 radical (unpaired) electrons. The SMILES string of the molecule is O=C([C@@H]1CN(C(=O)C2CCCCC2)c2ccccc2O1)N1CCCCC1. The van der Waals surface area contributed by atoms with Gasteiger partial charge in [-0.15, -0.1) is 0 Å². The van der Waals surface area contributed by atoms with Gasteiger partial charge in [0.1, 0.15) is 5.75 Å². The molecule has 4 rings (SSSR count). The summed E-state index contributed by atoms with van der Waals surface area (Å²) in [7, 11) is 0. The summed E-state index contributed by atoms with van der Waals surface area (Å²) < 4.78 is 6.03. The number of fused-ring (bicyclic) bond motifs is 1. The van der Waals surface area contributed by atoms with Gasteiger partial charge < -0.3 is 14.5 Å². The first-order valence-electron chi connectivity index (χ1n) is 10.1. The number of likely N-dealkylation sites (tertiary alicyclic amines) is 1. The van der Waals surface area contributed by atoms with Gasteiger partial charge in [0, 0.05) is 19.0 Å². The normalized spacial score (nSPS) is 23.9. The smallest absolute Gasteiger partial charge is 0.265 e. The molecule has 5 nitrogen and oxygen atoms in total. The molecule has 1 aromatic carbocycles. The first-order valence-corrected chi connectivity index (χ1v) is 10.1. The number of hydrogen-bond acceptors (Lipinski definition) is 3. The Morgan fingerprint density at radius 2 is 1.58 bits per heavy atom. The number of carbonyl (C=O) groups excluding carboxylic acids is 2. The lowest BCUT2D eigenvalue weighted by molar-refractivity contribution is -0.139. The summed E-state index contributed by atoms with van der Waals surface area (Å²) in [6.07, 6.45) is 8.10. The second kappa shape index (κ2) is 7.68. The molecule has 2 aliphatic heterocycles. The number of anilines is 1. The van der Waals surface area contributed by atoms with Crippen molar-refractivity contribution in [3.8, 4) is 5.75 Å². The van der Waals surface area contributed by atoms with Gasteiger partial charge in [0.25, 0.3) is 5.91 Å². The van der Waals surface area contributed by atoms with E-state index < -0.39 is 6.10 Å². The topological polar surface area (TPSA) is 49.9 Å². The summed E-state index contributed by atoms with van der Waals surface area (Å²) >= 11 is 0. The lowest BCUT2D eigenvalue weighted by atomic mass is 9.88. The van der Waals surface area contributed by atoms with E-state index in [9.17, 15) is 9.59 Å². The molecule has 2 amide bonds. The molecule has 140 valence electrons. The third-order valence-electron chi connectivity index (χ3n) is 5.94. The van der Waals surface area contributed by atoms with Crippen molar-refractivity contribution in [3.63, 3.8) is 0 Å². The van der Waals surface area contributed by atoms with E-state index in [2.05, 4.69) is 0 Å². The van der Waals surface area contributed by atoms with Gasteiger partial charge in [-0.25, -0.2) is 0 Å². The zero-order valence-corrected chi connectivity index (χ0v) is 15.4. The lowest BCUT2D eigenvalue weighted by Gasteiger charge is -2.39. The van der Waals surface area contributed by atoms with Gasteiger partial charge in [0.2, 0.25) is 5.91 Å². The fourth-order valence-electron chi connectivity index (χ4n) is 4.46. The molecule has 2 fully saturated rings. The maximum absolute atomic E-state index is 13.2. The maximum atomic E-state index is 13.2. The predicted octanol–water partition coefficient (Wildman–Crippen LogP) is 3.37. The molecule has 1 saturated heterocycles. The molecular weight excluding hydrogens is 328 g/mol. The zero-order valence-electron chi connectivity index (χ0n) is 15.4. The van der Waals surface area contributed by atoms with Crippen molar-refractivity contribution in [2.45, 2.75) is 57.5 Å². The standard InChI is InChI=1S/C21H28N2O3/c24-20(16-9-3-1-4-10-16)23-15-19(21(25)22-13-7-2-8-14-22)26-18-12-6-5-11-17(18)23/h5-6,11-12,16,19H,1-4,7-10,13-15H2/t19-/m0/s1. The summed E-state index contributed by atoms with van der Waals surface area (Å²) in [6.45, 7) is 1.94. The minimum absolute atomic E-state index is 0.0284. The molecule has 0 bridgehead atoms. The molecule has 0 unspecified atom stereocenters. The van der Waals surface area contributed by atoms with E-state index in [1.54, 1.807) is 0 Å². The predicted molar refractivity (Wildman–Crippen MR) is 100 cm³/mol. The van der Waals surface area contributed by atoms with Crippen molar-refractivity contribution >= 4 is 17.5 Å². The Morgan fingerprint density at radius 3 is 2.35 bits per heavy atom. The van der Waals surface area contributed by atoms with Crippen LogP contribution in [0, 0.1) is 5.92 Å². The van der Waals surface area contributed by atoms with E-state index in [0.29, 0.717) is 12.3 Å². The lowest BCUT2D eigenvalue weighted by Crippen LogP contribution is -2.53. The Kier molecular flexibility index (Phi) is 5.14. The van der Waals surface area contributed by atoms with Crippen LogP contribution in [0.3, 0.4) is 0 Å². The molecule has 0 N–H and O–H groups in total. The van der Waals surface area contributed by atoms with E-state index in [0.717, 1.165) is 57.3 Å². The number of nitrogens with zero attached hydrogens (tertiary/aromatic N) is 2. The number of benzene rings is 1. The summed E-state index contributed by atoms with van der Waals surface area (Å²) in [5, 5.41) is 0. The second-order valence-corrected chi connectivity index (χ2v) is 7.74. The Hall–Kier alpha value is -2.04. The van der Waals surface area contributed by atoms with Crippen LogP contribution in [0.1, 0.15) is 51.4 Å². The van der Waals surface area contributed by atoms with Gasteiger partial charge in [-0.05, 0) is 44.2 Å². The highest BCUT2D eigenvalue weighted by molar-refractivity contribution is 5.98. The van der Waals surface area contributed by atoms with E-state index in [1.807, 2.05) is 34.1 Å². The van der Waals surface area contributed by atoms with Gasteiger partial charge >= 0.3 is 0 Å². The molecule has 1 atom stereocenters. The number of hydrogen-bond donors (Lipinski definition) is 0. The number of ether oxygens (including phenoxy) is 1. The van der Waals surface area contributed by atoms with Crippen molar-refractivity contribution in [1.29, 1.82) is 0 Å². The van der Waals surface area contributed by atoms with E-state index >= 15 is 0 Å². The number of piperidine rings is 1. The average Bonchev–Trinajstić information content (AvgIpc) is 2.73. The van der Waals surface area contributed by atoms with Crippen LogP contribution in [0.2, 0.25) is 0 Å². The molecule has 26 heavy (non-hydrogen) atoms. The van der Waals surface area contributed by atoms with Gasteiger partial charge in [-0.2, -0.15) is 0 Å². The molecule has 1 aromatic rings. The quantitative estimate of drug-likeness (QED) is 0.816. The Balaban J connectivity index is 1.56. The summed E-state index contributed by atoms with van der Waals surface area (Å²) in [5.41, 5.74) is 0.811. The van der Waals surface area contributed by atoms with Crippen LogP contribution in [0.25, 0.3) is 0 Å². The Bertz CT molecular complexity index is 663. The molecule has 2 heterocycles. The van der Waals surface area contributed by atoms with Crippen molar-refractivity contribution in [2.75, 3.05) is 24.5 Å². The molecule has 3 aliphatic rings. The van der Waals surface area contributed by atoms with Gasteiger partial charge in [0.05, 0.1) is 12.2 Å². The van der Waals surface area contributed by atoms with E-state index in [4.69, 9.17) is 4.74 Å². The molecule has 0 aromatic heterocycles. The molecule has 5 heteroatoms. The summed E-state index contributed by atoms with van der Waals surface area (Å²) in [6, 6.07) is 7.62. The average molecular weight is 356 g/mol. The number of rotatable bonds is 2. The number of para-hydroxylation sites is 2. The van der Waals surface area contributed by atoms with Crippen LogP contribution in [0.5, 0.6) is 5.75 Å². The Morgan fingerprint density at radius 1 is 0.885 bits per heavy atom. The van der Waals surface area contributed by atoms with Crippen molar-refractivity contribution in [3.05, 3.63) is 24.3 Å². The fraction of sp³-hybridized carbons (Fsp3) is 0.619. The first kappa shape index (κ1) is 17.4. The molecule has 0 spiro atoms. The summed E-state index contributed by atoms with van der Waals surface area (Å²) in [5.74, 6) is 0.927. The molecule has 1 saturated carbocycles. The second-order valence-electron chi connectivity index (χ2n) is 7.74. The van der Waals surface area contributed by atoms with Crippen molar-refractivity contribution in [1.82, 2.24) is 4.90 Å². The largest absolute Gasteiger partial charge is 0.476 e. The van der Waals surface area contributed by atoms with Crippen LogP contribution in [-0.2, 0) is 9.59 Å². The van der Waals surface area contributed by atoms with Crippen LogP contribution in [0.4, 0.5) is 5.69 Å².